The summed E-state index contributed by atoms with van der Waals surface area (Å²) in [5.74, 6) is -0.191. The third-order valence-electron chi connectivity index (χ3n) is 4.18. The summed E-state index contributed by atoms with van der Waals surface area (Å²) in [4.78, 5) is 29.1. The fourth-order valence-electron chi connectivity index (χ4n) is 2.82. The summed E-state index contributed by atoms with van der Waals surface area (Å²) in [5.41, 5.74) is 7.40. The van der Waals surface area contributed by atoms with Gasteiger partial charge in [-0.05, 0) is 37.3 Å². The van der Waals surface area contributed by atoms with Gasteiger partial charge < -0.3 is 15.6 Å². The first kappa shape index (κ1) is 17.7. The van der Waals surface area contributed by atoms with E-state index >= 15 is 0 Å². The van der Waals surface area contributed by atoms with Crippen LogP contribution in [0.1, 0.15) is 41.9 Å². The molecule has 0 bridgehead atoms. The van der Waals surface area contributed by atoms with Crippen molar-refractivity contribution in [3.05, 3.63) is 33.2 Å². The van der Waals surface area contributed by atoms with Gasteiger partial charge in [0.05, 0.1) is 0 Å². The van der Waals surface area contributed by atoms with Crippen molar-refractivity contribution in [2.75, 3.05) is 13.1 Å². The van der Waals surface area contributed by atoms with Gasteiger partial charge in [0.25, 0.3) is 11.5 Å². The van der Waals surface area contributed by atoms with Gasteiger partial charge in [0.1, 0.15) is 5.56 Å². The molecule has 1 atom stereocenters. The number of amides is 1. The average molecular weight is 314 g/mol. The molecule has 1 aliphatic rings. The number of aromatic nitrogens is 1. The number of hydrogen-bond acceptors (Lipinski definition) is 3. The zero-order valence-electron chi connectivity index (χ0n) is 13.0. The summed E-state index contributed by atoms with van der Waals surface area (Å²) in [6, 6.07) is 1.92. The maximum atomic E-state index is 12.6. The summed E-state index contributed by atoms with van der Waals surface area (Å²) in [6.45, 7) is 8.92. The van der Waals surface area contributed by atoms with E-state index in [9.17, 15) is 9.59 Å². The molecule has 0 saturated carbocycles. The van der Waals surface area contributed by atoms with Crippen LogP contribution in [0.15, 0.2) is 10.9 Å². The van der Waals surface area contributed by atoms with Crippen LogP contribution in [0.3, 0.4) is 0 Å². The van der Waals surface area contributed by atoms with E-state index in [0.717, 1.165) is 17.7 Å². The van der Waals surface area contributed by atoms with Crippen molar-refractivity contribution >= 4 is 18.3 Å². The Morgan fingerprint density at radius 3 is 2.57 bits per heavy atom. The number of nitrogens with one attached hydrogen (secondary N) is 1. The minimum Gasteiger partial charge on any atom is -0.338 e. The van der Waals surface area contributed by atoms with E-state index in [1.807, 2.05) is 13.0 Å². The summed E-state index contributed by atoms with van der Waals surface area (Å²) in [6.07, 6.45) is 0.765. The fourth-order valence-corrected chi connectivity index (χ4v) is 2.82. The van der Waals surface area contributed by atoms with Gasteiger partial charge in [0, 0.05) is 24.8 Å². The Hall–Kier alpha value is -1.33. The average Bonchev–Trinajstić information content (AvgIpc) is 2.31. The van der Waals surface area contributed by atoms with Crippen LogP contribution in [0.5, 0.6) is 0 Å². The minimum absolute atomic E-state index is 0. The van der Waals surface area contributed by atoms with Crippen molar-refractivity contribution < 1.29 is 4.79 Å². The van der Waals surface area contributed by atoms with E-state index in [2.05, 4.69) is 18.8 Å². The number of pyridine rings is 1. The Labute approximate surface area is 131 Å². The predicted molar refractivity (Wildman–Crippen MR) is 86.1 cm³/mol. The van der Waals surface area contributed by atoms with E-state index in [1.165, 1.54) is 0 Å². The second-order valence-electron chi connectivity index (χ2n) is 6.45. The Morgan fingerprint density at radius 2 is 2.05 bits per heavy atom. The number of carbonyl (C=O) groups excluding carboxylic acids is 1. The molecule has 1 unspecified atom stereocenters. The van der Waals surface area contributed by atoms with Crippen molar-refractivity contribution in [1.82, 2.24) is 9.88 Å². The van der Waals surface area contributed by atoms with E-state index in [1.54, 1.807) is 11.8 Å². The molecule has 1 aromatic heterocycles. The minimum atomic E-state index is -0.305. The standard InChI is InChI=1S/C15H23N3O2.ClH/c1-9-7-10(2)17-13(19)12(9)14(20)18-6-5-11(16)15(3,4)8-18;/h7,11H,5-6,8,16H2,1-4H3,(H,17,19);1H. The lowest BCUT2D eigenvalue weighted by molar-refractivity contribution is 0.0530. The summed E-state index contributed by atoms with van der Waals surface area (Å²) in [7, 11) is 0. The normalized spacial score (nSPS) is 20.8. The molecule has 2 heterocycles. The SMILES string of the molecule is Cc1cc(C)c(C(=O)N2CCC(N)C(C)(C)C2)c(=O)[nH]1.Cl. The van der Waals surface area contributed by atoms with Crippen LogP contribution in [0, 0.1) is 19.3 Å². The van der Waals surface area contributed by atoms with Gasteiger partial charge in [-0.2, -0.15) is 0 Å². The van der Waals surface area contributed by atoms with E-state index in [-0.39, 0.29) is 40.9 Å². The number of halogens is 1. The highest BCUT2D eigenvalue weighted by Crippen LogP contribution is 2.28. The summed E-state index contributed by atoms with van der Waals surface area (Å²) < 4.78 is 0. The number of aryl methyl sites for hydroxylation is 2. The van der Waals surface area contributed by atoms with Crippen molar-refractivity contribution in [3.63, 3.8) is 0 Å². The molecule has 118 valence electrons. The molecule has 1 aromatic rings. The molecule has 0 radical (unpaired) electrons. The molecular formula is C15H24ClN3O2. The fraction of sp³-hybridized carbons (Fsp3) is 0.600. The Balaban J connectivity index is 0.00000220. The number of nitrogens with two attached hydrogens (primary N) is 1. The molecule has 0 aromatic carbocycles. The van der Waals surface area contributed by atoms with Crippen molar-refractivity contribution in [2.45, 2.75) is 40.2 Å². The first-order chi connectivity index (χ1) is 9.22. The van der Waals surface area contributed by atoms with Crippen LogP contribution in [-0.4, -0.2) is 34.9 Å². The van der Waals surface area contributed by atoms with E-state index in [0.29, 0.717) is 13.1 Å². The number of H-pyrrole nitrogens is 1. The first-order valence-corrected chi connectivity index (χ1v) is 6.98. The maximum absolute atomic E-state index is 12.6. The molecule has 0 spiro atoms. The number of likely N-dealkylation sites (tertiary alicyclic amines) is 1. The highest BCUT2D eigenvalue weighted by molar-refractivity contribution is 5.95. The molecule has 3 N–H and O–H groups in total. The van der Waals surface area contributed by atoms with Crippen LogP contribution in [0.4, 0.5) is 0 Å². The number of hydrogen-bond donors (Lipinski definition) is 2. The topological polar surface area (TPSA) is 79.2 Å². The van der Waals surface area contributed by atoms with Crippen molar-refractivity contribution in [3.8, 4) is 0 Å². The number of piperidine rings is 1. The molecule has 1 aliphatic heterocycles. The number of rotatable bonds is 1. The maximum Gasteiger partial charge on any atom is 0.261 e. The number of nitrogens with zero attached hydrogens (tertiary/aromatic N) is 1. The van der Waals surface area contributed by atoms with Gasteiger partial charge in [-0.15, -0.1) is 12.4 Å². The molecule has 5 nitrogen and oxygen atoms in total. The Kier molecular flexibility index (Phi) is 5.23. The van der Waals surface area contributed by atoms with Crippen LogP contribution >= 0.6 is 12.4 Å². The predicted octanol–water partition coefficient (Wildman–Crippen LogP) is 1.61. The molecule has 1 fully saturated rings. The molecule has 6 heteroatoms. The van der Waals surface area contributed by atoms with Crippen molar-refractivity contribution in [2.24, 2.45) is 11.1 Å². The highest BCUT2D eigenvalue weighted by atomic mass is 35.5. The van der Waals surface area contributed by atoms with Gasteiger partial charge in [-0.25, -0.2) is 0 Å². The van der Waals surface area contributed by atoms with Crippen LogP contribution in [0.25, 0.3) is 0 Å². The lowest BCUT2D eigenvalue weighted by Gasteiger charge is -2.42. The molecule has 2 rings (SSSR count). The molecule has 21 heavy (non-hydrogen) atoms. The zero-order chi connectivity index (χ0) is 15.1. The Morgan fingerprint density at radius 1 is 1.43 bits per heavy atom. The van der Waals surface area contributed by atoms with Gasteiger partial charge in [0.15, 0.2) is 0 Å². The van der Waals surface area contributed by atoms with Crippen LogP contribution in [-0.2, 0) is 0 Å². The summed E-state index contributed by atoms with van der Waals surface area (Å²) >= 11 is 0. The van der Waals surface area contributed by atoms with Crippen LogP contribution < -0.4 is 11.3 Å². The largest absolute Gasteiger partial charge is 0.338 e. The van der Waals surface area contributed by atoms with Gasteiger partial charge >= 0.3 is 0 Å². The molecular weight excluding hydrogens is 290 g/mol. The van der Waals surface area contributed by atoms with E-state index in [4.69, 9.17) is 5.73 Å². The Bertz CT molecular complexity index is 595. The molecule has 1 saturated heterocycles. The lowest BCUT2D eigenvalue weighted by atomic mass is 9.79. The molecule has 0 aliphatic carbocycles. The smallest absolute Gasteiger partial charge is 0.261 e. The third kappa shape index (κ3) is 3.47. The second kappa shape index (κ2) is 6.20. The van der Waals surface area contributed by atoms with Crippen LogP contribution in [0.2, 0.25) is 0 Å². The van der Waals surface area contributed by atoms with Gasteiger partial charge in [-0.3, -0.25) is 9.59 Å². The first-order valence-electron chi connectivity index (χ1n) is 6.98. The third-order valence-corrected chi connectivity index (χ3v) is 4.18. The number of carbonyl (C=O) groups is 1. The highest BCUT2D eigenvalue weighted by Gasteiger charge is 2.36. The quantitative estimate of drug-likeness (QED) is 0.826. The molecule has 1 amide bonds. The monoisotopic (exact) mass is 313 g/mol. The second-order valence-corrected chi connectivity index (χ2v) is 6.45. The van der Waals surface area contributed by atoms with Gasteiger partial charge in [-0.1, -0.05) is 13.8 Å². The summed E-state index contributed by atoms with van der Waals surface area (Å²) in [5, 5.41) is 0. The van der Waals surface area contributed by atoms with E-state index < -0.39 is 0 Å². The lowest BCUT2D eigenvalue weighted by Crippen LogP contribution is -2.54. The van der Waals surface area contributed by atoms with Crippen molar-refractivity contribution in [1.29, 1.82) is 0 Å². The zero-order valence-corrected chi connectivity index (χ0v) is 13.8. The van der Waals surface area contributed by atoms with Gasteiger partial charge in [0.2, 0.25) is 0 Å². The number of aromatic amines is 1.